The number of rotatable bonds is 2. The van der Waals surface area contributed by atoms with Crippen LogP contribution < -0.4 is 5.73 Å². The van der Waals surface area contributed by atoms with Gasteiger partial charge in [-0.15, -0.1) is 0 Å². The first kappa shape index (κ1) is 11.5. The molecule has 0 unspecified atom stereocenters. The fraction of sp³-hybridized carbons (Fsp3) is 0.100. The standard InChI is InChI=1S/C10H10N2O4S/c1-17(14,15)6-2-3-8(13)7(4-6)9-5-10(11)12-16-9/h2-5,13H,1H3,(H2,11,12). The monoisotopic (exact) mass is 254 g/mol. The van der Waals surface area contributed by atoms with E-state index in [0.29, 0.717) is 0 Å². The van der Waals surface area contributed by atoms with Gasteiger partial charge in [0.25, 0.3) is 0 Å². The number of hydrogen-bond acceptors (Lipinski definition) is 6. The second-order valence-electron chi connectivity index (χ2n) is 3.57. The Hall–Kier alpha value is -2.02. The lowest BCUT2D eigenvalue weighted by Gasteiger charge is -2.03. The molecular formula is C10H10N2O4S. The van der Waals surface area contributed by atoms with Gasteiger partial charge >= 0.3 is 0 Å². The van der Waals surface area contributed by atoms with E-state index in [9.17, 15) is 13.5 Å². The highest BCUT2D eigenvalue weighted by Gasteiger charge is 2.14. The highest BCUT2D eigenvalue weighted by atomic mass is 32.2. The molecule has 0 spiro atoms. The fourth-order valence-electron chi connectivity index (χ4n) is 1.36. The third-order valence-electron chi connectivity index (χ3n) is 2.19. The zero-order chi connectivity index (χ0) is 12.6. The van der Waals surface area contributed by atoms with Crippen molar-refractivity contribution in [1.82, 2.24) is 5.16 Å². The zero-order valence-corrected chi connectivity index (χ0v) is 9.73. The number of nitrogen functional groups attached to an aromatic ring is 1. The number of hydrogen-bond donors (Lipinski definition) is 2. The lowest BCUT2D eigenvalue weighted by Crippen LogP contribution is -1.96. The first-order valence-electron chi connectivity index (χ1n) is 4.63. The van der Waals surface area contributed by atoms with Crippen LogP contribution in [0.2, 0.25) is 0 Å². The number of aromatic hydroxyl groups is 1. The van der Waals surface area contributed by atoms with E-state index in [1.807, 2.05) is 0 Å². The van der Waals surface area contributed by atoms with Crippen LogP contribution in [0.3, 0.4) is 0 Å². The van der Waals surface area contributed by atoms with Crippen molar-refractivity contribution < 1.29 is 18.0 Å². The first-order valence-corrected chi connectivity index (χ1v) is 6.53. The Morgan fingerprint density at radius 2 is 2.06 bits per heavy atom. The molecule has 0 aliphatic rings. The highest BCUT2D eigenvalue weighted by molar-refractivity contribution is 7.90. The molecule has 0 saturated heterocycles. The van der Waals surface area contributed by atoms with Crippen LogP contribution in [0.1, 0.15) is 0 Å². The summed E-state index contributed by atoms with van der Waals surface area (Å²) in [5.74, 6) is 0.267. The Morgan fingerprint density at radius 1 is 1.35 bits per heavy atom. The molecule has 0 saturated carbocycles. The molecule has 6 nitrogen and oxygen atoms in total. The molecule has 90 valence electrons. The maximum atomic E-state index is 11.4. The van der Waals surface area contributed by atoms with Crippen molar-refractivity contribution in [1.29, 1.82) is 0 Å². The molecular weight excluding hydrogens is 244 g/mol. The molecule has 17 heavy (non-hydrogen) atoms. The van der Waals surface area contributed by atoms with Gasteiger partial charge < -0.3 is 15.4 Å². The Balaban J connectivity index is 2.62. The van der Waals surface area contributed by atoms with Gasteiger partial charge in [-0.25, -0.2) is 8.42 Å². The number of phenols is 1. The van der Waals surface area contributed by atoms with Crippen molar-refractivity contribution in [2.45, 2.75) is 4.90 Å². The van der Waals surface area contributed by atoms with E-state index in [0.717, 1.165) is 6.26 Å². The predicted octanol–water partition coefficient (Wildman–Crippen LogP) is 1.03. The Labute approximate surface area is 97.6 Å². The van der Waals surface area contributed by atoms with E-state index in [-0.39, 0.29) is 27.8 Å². The molecule has 3 N–H and O–H groups in total. The summed E-state index contributed by atoms with van der Waals surface area (Å²) in [7, 11) is -3.35. The predicted molar refractivity (Wildman–Crippen MR) is 61.1 cm³/mol. The number of nitrogens with two attached hydrogens (primary N) is 1. The second-order valence-corrected chi connectivity index (χ2v) is 5.58. The van der Waals surface area contributed by atoms with E-state index in [4.69, 9.17) is 10.3 Å². The fourth-order valence-corrected chi connectivity index (χ4v) is 2.01. The number of sulfone groups is 1. The molecule has 0 radical (unpaired) electrons. The lowest BCUT2D eigenvalue weighted by atomic mass is 10.1. The van der Waals surface area contributed by atoms with Crippen molar-refractivity contribution >= 4 is 15.7 Å². The normalized spacial score (nSPS) is 11.6. The Morgan fingerprint density at radius 3 is 2.59 bits per heavy atom. The smallest absolute Gasteiger partial charge is 0.175 e. The van der Waals surface area contributed by atoms with Crippen molar-refractivity contribution in [3.63, 3.8) is 0 Å². The van der Waals surface area contributed by atoms with Crippen molar-refractivity contribution in [2.75, 3.05) is 12.0 Å². The molecule has 0 fully saturated rings. The van der Waals surface area contributed by atoms with Gasteiger partial charge in [0.05, 0.1) is 10.5 Å². The summed E-state index contributed by atoms with van der Waals surface area (Å²) in [4.78, 5) is 0.0836. The minimum atomic E-state index is -3.35. The lowest BCUT2D eigenvalue weighted by molar-refractivity contribution is 0.429. The van der Waals surface area contributed by atoms with E-state index in [1.165, 1.54) is 24.3 Å². The van der Waals surface area contributed by atoms with E-state index in [2.05, 4.69) is 5.16 Å². The SMILES string of the molecule is CS(=O)(=O)c1ccc(O)c(-c2cc(N)no2)c1. The van der Waals surface area contributed by atoms with Crippen molar-refractivity contribution in [3.05, 3.63) is 24.3 Å². The second kappa shape index (κ2) is 3.77. The summed E-state index contributed by atoms with van der Waals surface area (Å²) >= 11 is 0. The average Bonchev–Trinajstić information content (AvgIpc) is 2.63. The van der Waals surface area contributed by atoms with E-state index < -0.39 is 9.84 Å². The Kier molecular flexibility index (Phi) is 2.55. The third-order valence-corrected chi connectivity index (χ3v) is 3.30. The van der Waals surface area contributed by atoms with E-state index in [1.54, 1.807) is 0 Å². The minimum Gasteiger partial charge on any atom is -0.507 e. The van der Waals surface area contributed by atoms with Crippen LogP contribution in [0.25, 0.3) is 11.3 Å². The third kappa shape index (κ3) is 2.23. The Bertz CT molecular complexity index is 661. The molecule has 0 aliphatic heterocycles. The summed E-state index contributed by atoms with van der Waals surface area (Å²) in [5.41, 5.74) is 5.62. The van der Waals surface area contributed by atoms with Gasteiger partial charge in [-0.2, -0.15) is 0 Å². The molecule has 2 rings (SSSR count). The van der Waals surface area contributed by atoms with Gasteiger partial charge in [-0.3, -0.25) is 0 Å². The molecule has 0 bridgehead atoms. The largest absolute Gasteiger partial charge is 0.507 e. The van der Waals surface area contributed by atoms with Gasteiger partial charge in [0.1, 0.15) is 5.75 Å². The number of aromatic nitrogens is 1. The molecule has 7 heteroatoms. The van der Waals surface area contributed by atoms with Crippen molar-refractivity contribution in [3.8, 4) is 17.1 Å². The maximum Gasteiger partial charge on any atom is 0.175 e. The summed E-state index contributed by atoms with van der Waals surface area (Å²) in [5, 5.41) is 13.1. The van der Waals surface area contributed by atoms with Gasteiger partial charge in [-0.05, 0) is 18.2 Å². The topological polar surface area (TPSA) is 106 Å². The summed E-state index contributed by atoms with van der Waals surface area (Å²) in [6.07, 6.45) is 1.08. The van der Waals surface area contributed by atoms with Crippen LogP contribution in [0.4, 0.5) is 5.82 Å². The first-order chi connectivity index (χ1) is 7.88. The van der Waals surface area contributed by atoms with Crippen LogP contribution in [0.15, 0.2) is 33.7 Å². The highest BCUT2D eigenvalue weighted by Crippen LogP contribution is 2.32. The molecule has 0 amide bonds. The number of benzene rings is 1. The summed E-state index contributed by atoms with van der Waals surface area (Å²) in [6.45, 7) is 0. The maximum absolute atomic E-state index is 11.4. The molecule has 1 aromatic carbocycles. The van der Waals surface area contributed by atoms with Gasteiger partial charge in [0.15, 0.2) is 21.4 Å². The van der Waals surface area contributed by atoms with Crippen LogP contribution >= 0.6 is 0 Å². The van der Waals surface area contributed by atoms with Crippen LogP contribution in [-0.2, 0) is 9.84 Å². The number of phenolic OH excluding ortho intramolecular Hbond substituents is 1. The number of anilines is 1. The zero-order valence-electron chi connectivity index (χ0n) is 8.91. The molecule has 0 atom stereocenters. The summed E-state index contributed by atoms with van der Waals surface area (Å²) < 4.78 is 27.6. The molecule has 1 aromatic heterocycles. The van der Waals surface area contributed by atoms with Crippen LogP contribution in [0.5, 0.6) is 5.75 Å². The molecule has 0 aliphatic carbocycles. The molecule has 2 aromatic rings. The van der Waals surface area contributed by atoms with Crippen molar-refractivity contribution in [2.24, 2.45) is 0 Å². The van der Waals surface area contributed by atoms with Gasteiger partial charge in [0, 0.05) is 12.3 Å². The summed E-state index contributed by atoms with van der Waals surface area (Å²) in [6, 6.07) is 5.31. The van der Waals surface area contributed by atoms with Crippen LogP contribution in [0, 0.1) is 0 Å². The average molecular weight is 254 g/mol. The quantitative estimate of drug-likeness (QED) is 0.829. The van der Waals surface area contributed by atoms with Gasteiger partial charge in [-0.1, -0.05) is 5.16 Å². The van der Waals surface area contributed by atoms with Crippen LogP contribution in [-0.4, -0.2) is 24.9 Å². The number of nitrogens with zero attached hydrogens (tertiary/aromatic N) is 1. The minimum absolute atomic E-state index is 0.0836. The van der Waals surface area contributed by atoms with Gasteiger partial charge in [0.2, 0.25) is 0 Å². The molecule has 1 heterocycles. The van der Waals surface area contributed by atoms with E-state index >= 15 is 0 Å².